The summed E-state index contributed by atoms with van der Waals surface area (Å²) in [5.74, 6) is -1.26. The Bertz CT molecular complexity index is 219. The van der Waals surface area contributed by atoms with E-state index in [0.717, 1.165) is 6.54 Å². The smallest absolute Gasteiger partial charge is 0.305 e. The molecule has 1 unspecified atom stereocenters. The van der Waals surface area contributed by atoms with Gasteiger partial charge >= 0.3 is 5.97 Å². The first-order valence-electron chi connectivity index (χ1n) is 4.79. The van der Waals surface area contributed by atoms with Crippen molar-refractivity contribution in [2.24, 2.45) is 0 Å². The zero-order chi connectivity index (χ0) is 11.8. The van der Waals surface area contributed by atoms with Gasteiger partial charge in [0.1, 0.15) is 0 Å². The number of rotatable bonds is 7. The molecule has 3 N–H and O–H groups in total. The van der Waals surface area contributed by atoms with Crippen LogP contribution in [0.2, 0.25) is 0 Å². The summed E-state index contributed by atoms with van der Waals surface area (Å²) in [6, 6.07) is -0.662. The number of carboxylic acids is 1. The monoisotopic (exact) mass is 217 g/mol. The number of aliphatic carboxylic acids is 1. The Balaban J connectivity index is 3.88. The standard InChI is InChI=1S/C9H19N3O3/c1-10-7(6-8(13)14)9(15)11-4-5-12(2)3/h7,10H,4-6H2,1-3H3,(H,11,15)(H,13,14). The summed E-state index contributed by atoms with van der Waals surface area (Å²) in [4.78, 5) is 23.8. The van der Waals surface area contributed by atoms with Crippen molar-refractivity contribution in [2.75, 3.05) is 34.2 Å². The topological polar surface area (TPSA) is 81.7 Å². The van der Waals surface area contributed by atoms with Crippen LogP contribution < -0.4 is 10.6 Å². The maximum absolute atomic E-state index is 11.4. The predicted molar refractivity (Wildman–Crippen MR) is 56.7 cm³/mol. The Labute approximate surface area is 89.6 Å². The van der Waals surface area contributed by atoms with Gasteiger partial charge in [0, 0.05) is 13.1 Å². The van der Waals surface area contributed by atoms with Gasteiger partial charge in [-0.2, -0.15) is 0 Å². The minimum Gasteiger partial charge on any atom is -0.481 e. The van der Waals surface area contributed by atoms with Gasteiger partial charge in [-0.05, 0) is 21.1 Å². The van der Waals surface area contributed by atoms with E-state index in [1.807, 2.05) is 19.0 Å². The van der Waals surface area contributed by atoms with Crippen LogP contribution in [-0.2, 0) is 9.59 Å². The molecule has 0 aliphatic rings. The Morgan fingerprint density at radius 3 is 2.40 bits per heavy atom. The summed E-state index contributed by atoms with van der Waals surface area (Å²) >= 11 is 0. The normalized spacial score (nSPS) is 12.5. The predicted octanol–water partition coefficient (Wildman–Crippen LogP) is -1.27. The van der Waals surface area contributed by atoms with Crippen molar-refractivity contribution in [1.82, 2.24) is 15.5 Å². The molecule has 0 saturated carbocycles. The molecule has 0 radical (unpaired) electrons. The van der Waals surface area contributed by atoms with Gasteiger partial charge in [0.15, 0.2) is 0 Å². The molecule has 1 atom stereocenters. The quantitative estimate of drug-likeness (QED) is 0.495. The van der Waals surface area contributed by atoms with Crippen molar-refractivity contribution in [3.8, 4) is 0 Å². The van der Waals surface area contributed by atoms with E-state index in [4.69, 9.17) is 5.11 Å². The highest BCUT2D eigenvalue weighted by Gasteiger charge is 2.18. The average molecular weight is 217 g/mol. The number of nitrogens with one attached hydrogen (secondary N) is 2. The fraction of sp³-hybridized carbons (Fsp3) is 0.778. The molecule has 0 fully saturated rings. The van der Waals surface area contributed by atoms with Gasteiger partial charge in [-0.3, -0.25) is 9.59 Å². The molecular weight excluding hydrogens is 198 g/mol. The SMILES string of the molecule is CNC(CC(=O)O)C(=O)NCCN(C)C. The van der Waals surface area contributed by atoms with Crippen molar-refractivity contribution in [2.45, 2.75) is 12.5 Å². The second kappa shape index (κ2) is 7.19. The molecule has 1 amide bonds. The van der Waals surface area contributed by atoms with Gasteiger partial charge in [-0.1, -0.05) is 0 Å². The van der Waals surface area contributed by atoms with E-state index < -0.39 is 12.0 Å². The highest BCUT2D eigenvalue weighted by molar-refractivity contribution is 5.86. The van der Waals surface area contributed by atoms with E-state index in [9.17, 15) is 9.59 Å². The fourth-order valence-corrected chi connectivity index (χ4v) is 1.03. The number of likely N-dealkylation sites (N-methyl/N-ethyl adjacent to an activating group) is 2. The molecular formula is C9H19N3O3. The highest BCUT2D eigenvalue weighted by atomic mass is 16.4. The second-order valence-electron chi connectivity index (χ2n) is 3.53. The molecule has 15 heavy (non-hydrogen) atoms. The molecule has 88 valence electrons. The van der Waals surface area contributed by atoms with Gasteiger partial charge in [0.2, 0.25) is 5.91 Å². The minimum atomic E-state index is -0.989. The molecule has 0 saturated heterocycles. The Hall–Kier alpha value is -1.14. The van der Waals surface area contributed by atoms with Crippen LogP contribution in [0.15, 0.2) is 0 Å². The summed E-state index contributed by atoms with van der Waals surface area (Å²) < 4.78 is 0. The highest BCUT2D eigenvalue weighted by Crippen LogP contribution is 1.91. The van der Waals surface area contributed by atoms with Gasteiger partial charge in [0.25, 0.3) is 0 Å². The first-order valence-corrected chi connectivity index (χ1v) is 4.79. The summed E-state index contributed by atoms with van der Waals surface area (Å²) in [5.41, 5.74) is 0. The molecule has 0 aliphatic heterocycles. The van der Waals surface area contributed by atoms with E-state index in [1.165, 1.54) is 0 Å². The van der Waals surface area contributed by atoms with Gasteiger partial charge < -0.3 is 20.6 Å². The molecule has 0 aliphatic carbocycles. The third-order valence-electron chi connectivity index (χ3n) is 1.90. The lowest BCUT2D eigenvalue weighted by Gasteiger charge is -2.15. The fourth-order valence-electron chi connectivity index (χ4n) is 1.03. The van der Waals surface area contributed by atoms with Crippen LogP contribution in [0.4, 0.5) is 0 Å². The van der Waals surface area contributed by atoms with Crippen molar-refractivity contribution in [1.29, 1.82) is 0 Å². The summed E-state index contributed by atoms with van der Waals surface area (Å²) in [6.07, 6.45) is -0.204. The van der Waals surface area contributed by atoms with E-state index in [1.54, 1.807) is 7.05 Å². The molecule has 0 aromatic heterocycles. The number of carbonyl (C=O) groups is 2. The second-order valence-corrected chi connectivity index (χ2v) is 3.53. The van der Waals surface area contributed by atoms with E-state index >= 15 is 0 Å². The van der Waals surface area contributed by atoms with E-state index in [2.05, 4.69) is 10.6 Å². The molecule has 0 spiro atoms. The lowest BCUT2D eigenvalue weighted by molar-refractivity contribution is -0.139. The Morgan fingerprint density at radius 1 is 1.40 bits per heavy atom. The summed E-state index contributed by atoms with van der Waals surface area (Å²) in [6.45, 7) is 1.25. The third-order valence-corrected chi connectivity index (χ3v) is 1.90. The molecule has 6 nitrogen and oxygen atoms in total. The number of carboxylic acid groups (broad SMARTS) is 1. The van der Waals surface area contributed by atoms with Crippen LogP contribution in [0.5, 0.6) is 0 Å². The molecule has 0 heterocycles. The zero-order valence-electron chi connectivity index (χ0n) is 9.41. The van der Waals surface area contributed by atoms with Crippen LogP contribution in [0, 0.1) is 0 Å². The largest absolute Gasteiger partial charge is 0.481 e. The number of nitrogens with zero attached hydrogens (tertiary/aromatic N) is 1. The minimum absolute atomic E-state index is 0.204. The van der Waals surface area contributed by atoms with Gasteiger partial charge in [0.05, 0.1) is 12.5 Å². The van der Waals surface area contributed by atoms with Crippen molar-refractivity contribution in [3.05, 3.63) is 0 Å². The number of hydrogen-bond donors (Lipinski definition) is 3. The molecule has 0 aromatic rings. The average Bonchev–Trinajstić information content (AvgIpc) is 2.13. The molecule has 6 heteroatoms. The summed E-state index contributed by atoms with van der Waals surface area (Å²) in [5, 5.41) is 13.9. The first-order chi connectivity index (χ1) is 6.97. The maximum atomic E-state index is 11.4. The van der Waals surface area contributed by atoms with Crippen molar-refractivity contribution in [3.63, 3.8) is 0 Å². The number of carbonyl (C=O) groups excluding carboxylic acids is 1. The third kappa shape index (κ3) is 6.87. The molecule has 0 aromatic carbocycles. The van der Waals surface area contributed by atoms with Crippen molar-refractivity contribution >= 4 is 11.9 Å². The Kier molecular flexibility index (Phi) is 6.64. The van der Waals surface area contributed by atoms with Crippen LogP contribution in [-0.4, -0.2) is 62.2 Å². The molecule has 0 rings (SSSR count). The Morgan fingerprint density at radius 2 is 2.00 bits per heavy atom. The van der Waals surface area contributed by atoms with Crippen LogP contribution >= 0.6 is 0 Å². The first kappa shape index (κ1) is 13.9. The van der Waals surface area contributed by atoms with E-state index in [-0.39, 0.29) is 12.3 Å². The maximum Gasteiger partial charge on any atom is 0.305 e. The van der Waals surface area contributed by atoms with Gasteiger partial charge in [-0.25, -0.2) is 0 Å². The van der Waals surface area contributed by atoms with Crippen molar-refractivity contribution < 1.29 is 14.7 Å². The summed E-state index contributed by atoms with van der Waals surface area (Å²) in [7, 11) is 5.37. The van der Waals surface area contributed by atoms with E-state index in [0.29, 0.717) is 6.54 Å². The van der Waals surface area contributed by atoms with Crippen LogP contribution in [0.25, 0.3) is 0 Å². The zero-order valence-corrected chi connectivity index (χ0v) is 9.41. The lowest BCUT2D eigenvalue weighted by Crippen LogP contribution is -2.45. The van der Waals surface area contributed by atoms with Crippen LogP contribution in [0.3, 0.4) is 0 Å². The molecule has 0 bridgehead atoms. The number of hydrogen-bond acceptors (Lipinski definition) is 4. The van der Waals surface area contributed by atoms with Crippen LogP contribution in [0.1, 0.15) is 6.42 Å². The van der Waals surface area contributed by atoms with Gasteiger partial charge in [-0.15, -0.1) is 0 Å². The lowest BCUT2D eigenvalue weighted by atomic mass is 10.2. The number of amides is 1.